The summed E-state index contributed by atoms with van der Waals surface area (Å²) in [7, 11) is 0. The molecule has 6 nitrogen and oxygen atoms in total. The van der Waals surface area contributed by atoms with Crippen molar-refractivity contribution in [2.75, 3.05) is 18.0 Å². The molecule has 1 aliphatic heterocycles. The minimum absolute atomic E-state index is 0.0281. The summed E-state index contributed by atoms with van der Waals surface area (Å²) in [6, 6.07) is 0.221. The Hall–Kier alpha value is -1.69. The predicted octanol–water partition coefficient (Wildman–Crippen LogP) is 0.299. The number of hydrogen-bond acceptors (Lipinski definition) is 5. The largest absolute Gasteiger partial charge is 0.353 e. The number of amides is 1. The van der Waals surface area contributed by atoms with Gasteiger partial charge in [0.15, 0.2) is 0 Å². The number of hydrogen-bond donors (Lipinski definition) is 2. The van der Waals surface area contributed by atoms with Crippen LogP contribution in [0.2, 0.25) is 0 Å². The summed E-state index contributed by atoms with van der Waals surface area (Å²) in [4.78, 5) is 22.3. The number of nitrogens with one attached hydrogen (secondary N) is 2. The maximum atomic E-state index is 11.6. The fraction of sp³-hybridized carbons (Fsp3) is 0.615. The van der Waals surface area contributed by atoms with Crippen LogP contribution in [0, 0.1) is 0 Å². The van der Waals surface area contributed by atoms with E-state index in [1.54, 1.807) is 0 Å². The van der Waals surface area contributed by atoms with Crippen molar-refractivity contribution >= 4 is 11.9 Å². The lowest BCUT2D eigenvalue weighted by Gasteiger charge is -2.32. The van der Waals surface area contributed by atoms with Gasteiger partial charge in [-0.1, -0.05) is 13.8 Å². The maximum Gasteiger partial charge on any atom is 0.242 e. The zero-order valence-corrected chi connectivity index (χ0v) is 11.7. The Morgan fingerprint density at radius 2 is 2.16 bits per heavy atom. The van der Waals surface area contributed by atoms with Crippen molar-refractivity contribution in [1.82, 2.24) is 20.6 Å². The van der Waals surface area contributed by atoms with Gasteiger partial charge in [0.2, 0.25) is 11.9 Å². The molecule has 1 amide bonds. The number of nitrogens with zero attached hydrogens (tertiary/aromatic N) is 3. The van der Waals surface area contributed by atoms with Crippen LogP contribution in [0.15, 0.2) is 12.4 Å². The second-order valence-electron chi connectivity index (χ2n) is 5.09. The first-order chi connectivity index (χ1) is 9.08. The second kappa shape index (κ2) is 5.97. The molecular formula is C13H21N5O. The van der Waals surface area contributed by atoms with E-state index >= 15 is 0 Å². The minimum Gasteiger partial charge on any atom is -0.353 e. The van der Waals surface area contributed by atoms with E-state index in [1.165, 1.54) is 0 Å². The minimum atomic E-state index is -0.214. The van der Waals surface area contributed by atoms with Crippen LogP contribution < -0.4 is 15.5 Å². The lowest BCUT2D eigenvalue weighted by atomic mass is 10.2. The molecule has 0 aliphatic carbocycles. The standard InChI is InChI=1S/C13H21N5O/c1-9(2)15-6-11-7-16-13(17-8-11)18-5-4-14-12(19)10(18)3/h7-10,15H,4-6H2,1-3H3,(H,14,19). The quantitative estimate of drug-likeness (QED) is 0.817. The summed E-state index contributed by atoms with van der Waals surface area (Å²) in [6.07, 6.45) is 3.63. The van der Waals surface area contributed by atoms with Crippen molar-refractivity contribution in [1.29, 1.82) is 0 Å². The highest BCUT2D eigenvalue weighted by Crippen LogP contribution is 2.13. The third-order valence-electron chi connectivity index (χ3n) is 3.16. The van der Waals surface area contributed by atoms with Gasteiger partial charge in [-0.25, -0.2) is 9.97 Å². The summed E-state index contributed by atoms with van der Waals surface area (Å²) in [5.74, 6) is 0.649. The Morgan fingerprint density at radius 3 is 2.79 bits per heavy atom. The van der Waals surface area contributed by atoms with Crippen LogP contribution in [0.25, 0.3) is 0 Å². The Bertz CT molecular complexity index is 431. The van der Waals surface area contributed by atoms with E-state index in [9.17, 15) is 4.79 Å². The van der Waals surface area contributed by atoms with Gasteiger partial charge >= 0.3 is 0 Å². The number of carbonyl (C=O) groups is 1. The molecule has 2 heterocycles. The molecule has 1 saturated heterocycles. The molecule has 1 aliphatic rings. The molecule has 0 bridgehead atoms. The van der Waals surface area contributed by atoms with Gasteiger partial charge in [0, 0.05) is 43.6 Å². The summed E-state index contributed by atoms with van der Waals surface area (Å²) in [5, 5.41) is 6.15. The van der Waals surface area contributed by atoms with E-state index in [0.29, 0.717) is 18.5 Å². The van der Waals surface area contributed by atoms with Crippen LogP contribution in [0.4, 0.5) is 5.95 Å². The van der Waals surface area contributed by atoms with Crippen LogP contribution in [0.5, 0.6) is 0 Å². The smallest absolute Gasteiger partial charge is 0.242 e. The molecule has 1 fully saturated rings. The Balaban J connectivity index is 2.03. The van der Waals surface area contributed by atoms with E-state index in [4.69, 9.17) is 0 Å². The van der Waals surface area contributed by atoms with E-state index in [1.807, 2.05) is 24.2 Å². The summed E-state index contributed by atoms with van der Waals surface area (Å²) < 4.78 is 0. The molecule has 0 aromatic carbocycles. The molecule has 1 unspecified atom stereocenters. The molecule has 104 valence electrons. The number of piperazine rings is 1. The van der Waals surface area contributed by atoms with Gasteiger partial charge in [-0.05, 0) is 6.92 Å². The first kappa shape index (κ1) is 13.7. The van der Waals surface area contributed by atoms with Gasteiger partial charge in [0.25, 0.3) is 0 Å². The monoisotopic (exact) mass is 263 g/mol. The molecular weight excluding hydrogens is 242 g/mol. The van der Waals surface area contributed by atoms with Gasteiger partial charge < -0.3 is 15.5 Å². The van der Waals surface area contributed by atoms with E-state index in [2.05, 4.69) is 34.4 Å². The predicted molar refractivity (Wildman–Crippen MR) is 73.8 cm³/mol. The first-order valence-corrected chi connectivity index (χ1v) is 6.66. The van der Waals surface area contributed by atoms with Crippen LogP contribution in [-0.2, 0) is 11.3 Å². The molecule has 2 rings (SSSR count). The van der Waals surface area contributed by atoms with E-state index in [0.717, 1.165) is 18.7 Å². The third-order valence-corrected chi connectivity index (χ3v) is 3.16. The lowest BCUT2D eigenvalue weighted by Crippen LogP contribution is -2.54. The molecule has 0 saturated carbocycles. The number of aromatic nitrogens is 2. The van der Waals surface area contributed by atoms with Crippen molar-refractivity contribution in [2.24, 2.45) is 0 Å². The van der Waals surface area contributed by atoms with Crippen LogP contribution in [-0.4, -0.2) is 41.0 Å². The molecule has 6 heteroatoms. The highest BCUT2D eigenvalue weighted by molar-refractivity contribution is 5.85. The van der Waals surface area contributed by atoms with Crippen molar-refractivity contribution in [3.8, 4) is 0 Å². The normalized spacial score (nSPS) is 19.7. The molecule has 1 aromatic rings. The fourth-order valence-corrected chi connectivity index (χ4v) is 1.97. The van der Waals surface area contributed by atoms with Gasteiger partial charge in [0.05, 0.1) is 0 Å². The molecule has 2 N–H and O–H groups in total. The van der Waals surface area contributed by atoms with Crippen LogP contribution in [0.3, 0.4) is 0 Å². The molecule has 0 spiro atoms. The maximum absolute atomic E-state index is 11.6. The van der Waals surface area contributed by atoms with Crippen molar-refractivity contribution < 1.29 is 4.79 Å². The fourth-order valence-electron chi connectivity index (χ4n) is 1.97. The summed E-state index contributed by atoms with van der Waals surface area (Å²) in [5.41, 5.74) is 1.05. The highest BCUT2D eigenvalue weighted by atomic mass is 16.2. The number of anilines is 1. The van der Waals surface area contributed by atoms with Crippen molar-refractivity contribution in [2.45, 2.75) is 39.4 Å². The Labute approximate surface area is 113 Å². The second-order valence-corrected chi connectivity index (χ2v) is 5.09. The number of rotatable bonds is 4. The summed E-state index contributed by atoms with van der Waals surface area (Å²) >= 11 is 0. The SMILES string of the molecule is CC(C)NCc1cnc(N2CCNC(=O)C2C)nc1. The average Bonchev–Trinajstić information content (AvgIpc) is 2.40. The Kier molecular flexibility index (Phi) is 4.31. The molecule has 1 aromatic heterocycles. The summed E-state index contributed by atoms with van der Waals surface area (Å²) in [6.45, 7) is 8.21. The van der Waals surface area contributed by atoms with Gasteiger partial charge in [-0.2, -0.15) is 0 Å². The lowest BCUT2D eigenvalue weighted by molar-refractivity contribution is -0.122. The molecule has 19 heavy (non-hydrogen) atoms. The molecule has 1 atom stereocenters. The van der Waals surface area contributed by atoms with Crippen molar-refractivity contribution in [3.63, 3.8) is 0 Å². The Morgan fingerprint density at radius 1 is 1.47 bits per heavy atom. The zero-order chi connectivity index (χ0) is 13.8. The van der Waals surface area contributed by atoms with Crippen LogP contribution in [0.1, 0.15) is 26.3 Å². The van der Waals surface area contributed by atoms with Crippen LogP contribution >= 0.6 is 0 Å². The van der Waals surface area contributed by atoms with Gasteiger partial charge in [-0.15, -0.1) is 0 Å². The van der Waals surface area contributed by atoms with E-state index < -0.39 is 0 Å². The van der Waals surface area contributed by atoms with Gasteiger partial charge in [0.1, 0.15) is 6.04 Å². The molecule has 0 radical (unpaired) electrons. The topological polar surface area (TPSA) is 70.2 Å². The van der Waals surface area contributed by atoms with E-state index in [-0.39, 0.29) is 11.9 Å². The highest BCUT2D eigenvalue weighted by Gasteiger charge is 2.27. The average molecular weight is 263 g/mol. The first-order valence-electron chi connectivity index (χ1n) is 6.66. The van der Waals surface area contributed by atoms with Crippen molar-refractivity contribution in [3.05, 3.63) is 18.0 Å². The number of carbonyl (C=O) groups excluding carboxylic acids is 1. The zero-order valence-electron chi connectivity index (χ0n) is 11.7. The third kappa shape index (κ3) is 3.41. The van der Waals surface area contributed by atoms with Gasteiger partial charge in [-0.3, -0.25) is 4.79 Å².